The van der Waals surface area contributed by atoms with E-state index < -0.39 is 0 Å². The maximum absolute atomic E-state index is 2.36. The second-order valence-electron chi connectivity index (χ2n) is 13.3. The van der Waals surface area contributed by atoms with E-state index >= 15 is 0 Å². The summed E-state index contributed by atoms with van der Waals surface area (Å²) in [4.78, 5) is 0. The Morgan fingerprint density at radius 3 is 1.81 bits per heavy atom. The number of hydrogen-bond donors (Lipinski definition) is 0. The maximum atomic E-state index is 2.36. The van der Waals surface area contributed by atoms with Gasteiger partial charge < -0.3 is 24.8 Å². The first-order valence-electron chi connectivity index (χ1n) is 16.4. The van der Waals surface area contributed by atoms with Crippen LogP contribution in [0.2, 0.25) is 13.1 Å². The number of hydrogen-bond acceptors (Lipinski definition) is 0. The van der Waals surface area contributed by atoms with E-state index in [9.17, 15) is 0 Å². The molecule has 0 aliphatic carbocycles. The van der Waals surface area contributed by atoms with Crippen molar-refractivity contribution in [2.24, 2.45) is 0 Å². The van der Waals surface area contributed by atoms with E-state index in [1.165, 1.54) is 88.0 Å². The van der Waals surface area contributed by atoms with Crippen LogP contribution in [0.4, 0.5) is 0 Å². The Labute approximate surface area is 315 Å². The summed E-state index contributed by atoms with van der Waals surface area (Å²) in [5.41, 5.74) is 13.8. The molecule has 0 fully saturated rings. The van der Waals surface area contributed by atoms with E-state index in [0.717, 1.165) is 0 Å². The molecule has 0 aliphatic heterocycles. The Bertz CT molecular complexity index is 2150. The van der Waals surface area contributed by atoms with Gasteiger partial charge in [-0.3, -0.25) is 0 Å². The predicted octanol–water partition coefficient (Wildman–Crippen LogP) is 7.06. The van der Waals surface area contributed by atoms with Crippen molar-refractivity contribution in [3.8, 4) is 22.3 Å². The molecule has 7 rings (SSSR count). The quantitative estimate of drug-likeness (QED) is 0.134. The summed E-state index contributed by atoms with van der Waals surface area (Å²) in [6, 6.07) is 40.2. The first kappa shape index (κ1) is 39.7. The second-order valence-corrected chi connectivity index (χ2v) is 22.7. The van der Waals surface area contributed by atoms with Crippen LogP contribution in [0.15, 0.2) is 109 Å². The monoisotopic (exact) mass is 762 g/mol. The van der Waals surface area contributed by atoms with E-state index in [2.05, 4.69) is 171 Å². The van der Waals surface area contributed by atoms with Crippen LogP contribution in [0.3, 0.4) is 0 Å². The zero-order valence-corrected chi connectivity index (χ0v) is 34.7. The van der Waals surface area contributed by atoms with Crippen LogP contribution < -0.4 is 24.8 Å². The topological polar surface area (TPSA) is 0 Å². The minimum atomic E-state index is 0. The van der Waals surface area contributed by atoms with Crippen molar-refractivity contribution in [2.45, 2.75) is 67.5 Å². The number of aryl methyl sites for hydroxylation is 5. The van der Waals surface area contributed by atoms with Gasteiger partial charge in [-0.15, -0.1) is 68.6 Å². The Hall–Kier alpha value is -2.74. The molecule has 0 aromatic heterocycles. The second kappa shape index (κ2) is 17.3. The first-order chi connectivity index (χ1) is 21.9. The summed E-state index contributed by atoms with van der Waals surface area (Å²) in [6.45, 7) is 20.1. The van der Waals surface area contributed by atoms with Gasteiger partial charge in [0.25, 0.3) is 0 Å². The van der Waals surface area contributed by atoms with Gasteiger partial charge in [-0.2, -0.15) is 12.1 Å². The van der Waals surface area contributed by atoms with E-state index in [1.807, 2.05) is 0 Å². The van der Waals surface area contributed by atoms with Crippen LogP contribution in [0.5, 0.6) is 0 Å². The van der Waals surface area contributed by atoms with Crippen LogP contribution >= 0.6 is 0 Å². The smallest absolute Gasteiger partial charge is 0.0220 e. The number of rotatable bonds is 3. The molecule has 0 bridgehead atoms. The van der Waals surface area contributed by atoms with Crippen molar-refractivity contribution < 1.29 is 48.1 Å². The van der Waals surface area contributed by atoms with Crippen molar-refractivity contribution in [3.63, 3.8) is 0 Å². The minimum absolute atomic E-state index is 0. The molecule has 7 aromatic carbocycles. The molecule has 0 saturated carbocycles. The molecule has 0 N–H and O–H groups in total. The zero-order chi connectivity index (χ0) is 33.1. The predicted molar refractivity (Wildman–Crippen MR) is 203 cm³/mol. The molecular weight excluding hydrogens is 719 g/mol. The largest absolute Gasteiger partial charge is 1.00 e. The molecule has 7 aromatic rings. The van der Waals surface area contributed by atoms with Gasteiger partial charge in [0, 0.05) is 0 Å². The molecule has 0 amide bonds. The van der Waals surface area contributed by atoms with Gasteiger partial charge in [-0.05, 0) is 59.7 Å². The Morgan fingerprint density at radius 1 is 0.583 bits per heavy atom. The summed E-state index contributed by atoms with van der Waals surface area (Å²) in [5.74, 6) is 0.563. The fourth-order valence-electron chi connectivity index (χ4n) is 6.70. The van der Waals surface area contributed by atoms with Crippen molar-refractivity contribution in [3.05, 3.63) is 143 Å². The molecule has 0 radical (unpaired) electrons. The standard InChI is InChI=1S/C22H19.C20H21.C2H6Si.2ClH.Zr/c1-15(2)18-13-17-9-6-12-21(22(17)14-18)20-11-5-8-16-7-3-4-10-19(16)20;1-12-8-15(4)20(16(5)9-12)17-7-6-14(3)18-10-13(2)11-19(17)18;1-3-2;;;/h3-15H,1-2H3;6-11H,1-5H3;1-2H3;2*1H;/q2*-1;;;;+2/p-2. The van der Waals surface area contributed by atoms with Gasteiger partial charge in [0.15, 0.2) is 0 Å². The summed E-state index contributed by atoms with van der Waals surface area (Å²) in [5, 5.41) is 8.10. The van der Waals surface area contributed by atoms with Gasteiger partial charge in [0.1, 0.15) is 0 Å². The van der Waals surface area contributed by atoms with Crippen molar-refractivity contribution >= 4 is 37.8 Å². The SMILES string of the molecule is CC(C)c1cc2c(-c3cccc4ccccc34)cccc2[cH-]1.C[Si](C)=[Zr+2].Cc1cc(C)c(-c2ccc(C)c3[cH-]c(C)cc23)c(C)c1.[Cl-].[Cl-]. The number of fused-ring (bicyclic) bond motifs is 3. The Kier molecular flexibility index (Phi) is 14.3. The van der Waals surface area contributed by atoms with Crippen LogP contribution in [-0.4, -0.2) is 5.43 Å². The molecular formula is C44H46Cl2SiZr-2. The third kappa shape index (κ3) is 8.88. The number of benzene rings is 5. The van der Waals surface area contributed by atoms with Gasteiger partial charge in [0.2, 0.25) is 0 Å². The van der Waals surface area contributed by atoms with Crippen LogP contribution in [0, 0.1) is 34.6 Å². The average molecular weight is 765 g/mol. The molecule has 0 nitrogen and oxygen atoms in total. The van der Waals surface area contributed by atoms with E-state index in [1.54, 1.807) is 23.3 Å². The molecule has 0 heterocycles. The van der Waals surface area contributed by atoms with E-state index in [4.69, 9.17) is 0 Å². The number of halogens is 2. The third-order valence-corrected chi connectivity index (χ3v) is 8.72. The van der Waals surface area contributed by atoms with E-state index in [0.29, 0.717) is 5.92 Å². The normalized spacial score (nSPS) is 10.6. The van der Waals surface area contributed by atoms with Crippen molar-refractivity contribution in [2.75, 3.05) is 0 Å². The summed E-state index contributed by atoms with van der Waals surface area (Å²) in [7, 11) is 0. The van der Waals surface area contributed by atoms with Crippen LogP contribution in [0.1, 0.15) is 53.1 Å². The molecule has 246 valence electrons. The maximum Gasteiger partial charge on any atom is -0.0220 e. The van der Waals surface area contributed by atoms with Crippen molar-refractivity contribution in [1.82, 2.24) is 0 Å². The fourth-order valence-corrected chi connectivity index (χ4v) is 6.70. The first-order valence-corrected chi connectivity index (χ1v) is 22.6. The van der Waals surface area contributed by atoms with Gasteiger partial charge >= 0.3 is 41.9 Å². The van der Waals surface area contributed by atoms with Crippen LogP contribution in [-0.2, 0) is 23.3 Å². The summed E-state index contributed by atoms with van der Waals surface area (Å²) < 4.78 is 0. The molecule has 0 saturated heterocycles. The molecule has 0 unspecified atom stereocenters. The summed E-state index contributed by atoms with van der Waals surface area (Å²) >= 11 is 1.74. The molecule has 4 heteroatoms. The Morgan fingerprint density at radius 2 is 1.17 bits per heavy atom. The molecule has 0 aliphatic rings. The fraction of sp³-hybridized carbons (Fsp3) is 0.227. The van der Waals surface area contributed by atoms with Crippen molar-refractivity contribution in [1.29, 1.82) is 0 Å². The molecule has 48 heavy (non-hydrogen) atoms. The average Bonchev–Trinajstić information content (AvgIpc) is 3.62. The Balaban J connectivity index is 0.000000227. The van der Waals surface area contributed by atoms with Gasteiger partial charge in [-0.25, -0.2) is 0 Å². The molecule has 0 spiro atoms. The van der Waals surface area contributed by atoms with Gasteiger partial charge in [-0.1, -0.05) is 111 Å². The van der Waals surface area contributed by atoms with E-state index in [-0.39, 0.29) is 30.2 Å². The van der Waals surface area contributed by atoms with Gasteiger partial charge in [0.05, 0.1) is 0 Å². The molecule has 0 atom stereocenters. The third-order valence-electron chi connectivity index (χ3n) is 8.72. The van der Waals surface area contributed by atoms with Crippen LogP contribution in [0.25, 0.3) is 54.6 Å². The zero-order valence-electron chi connectivity index (χ0n) is 29.7. The summed E-state index contributed by atoms with van der Waals surface area (Å²) in [6.07, 6.45) is 0. The minimum Gasteiger partial charge on any atom is -1.00 e.